The minimum absolute atomic E-state index is 0.466. The van der Waals surface area contributed by atoms with E-state index in [2.05, 4.69) is 44.3 Å². The number of nitrogens with two attached hydrogens (primary N) is 1. The summed E-state index contributed by atoms with van der Waals surface area (Å²) in [4.78, 5) is 0. The Morgan fingerprint density at radius 2 is 2.07 bits per heavy atom. The molecule has 0 aromatic heterocycles. The van der Waals surface area contributed by atoms with Crippen LogP contribution in [0.1, 0.15) is 25.0 Å². The molecule has 0 unspecified atom stereocenters. The van der Waals surface area contributed by atoms with Crippen molar-refractivity contribution in [3.8, 4) is 0 Å². The van der Waals surface area contributed by atoms with Crippen LogP contribution in [0.3, 0.4) is 0 Å². The van der Waals surface area contributed by atoms with Gasteiger partial charge in [-0.15, -0.1) is 0 Å². The van der Waals surface area contributed by atoms with Gasteiger partial charge in [0.2, 0.25) is 0 Å². The number of nitrogens with one attached hydrogen (secondary N) is 1. The molecular formula is C12H20N2. The van der Waals surface area contributed by atoms with Crippen molar-refractivity contribution < 1.29 is 0 Å². The fraction of sp³-hybridized carbons (Fsp3) is 0.500. The standard InChI is InChI=1S/C12H20N2/c1-9(2)14-12-8-10(3)4-5-11(12)6-7-13/h4-5,8-9,14H,6-7,13H2,1-3H3. The number of hydrogen-bond donors (Lipinski definition) is 2. The molecule has 0 atom stereocenters. The van der Waals surface area contributed by atoms with E-state index < -0.39 is 0 Å². The Morgan fingerprint density at radius 1 is 1.36 bits per heavy atom. The smallest absolute Gasteiger partial charge is 0.0377 e. The largest absolute Gasteiger partial charge is 0.383 e. The van der Waals surface area contributed by atoms with Crippen LogP contribution >= 0.6 is 0 Å². The maximum Gasteiger partial charge on any atom is 0.0377 e. The molecule has 0 heterocycles. The van der Waals surface area contributed by atoms with Crippen LogP contribution in [-0.2, 0) is 6.42 Å². The van der Waals surface area contributed by atoms with Crippen molar-refractivity contribution in [3.05, 3.63) is 29.3 Å². The fourth-order valence-corrected chi connectivity index (χ4v) is 1.51. The van der Waals surface area contributed by atoms with Crippen LogP contribution in [-0.4, -0.2) is 12.6 Å². The van der Waals surface area contributed by atoms with Gasteiger partial charge in [-0.05, 0) is 50.9 Å². The van der Waals surface area contributed by atoms with Crippen LogP contribution in [0.4, 0.5) is 5.69 Å². The summed E-state index contributed by atoms with van der Waals surface area (Å²) in [6.45, 7) is 7.11. The molecule has 0 saturated heterocycles. The van der Waals surface area contributed by atoms with Crippen LogP contribution in [0.15, 0.2) is 18.2 Å². The van der Waals surface area contributed by atoms with Gasteiger partial charge in [-0.2, -0.15) is 0 Å². The van der Waals surface area contributed by atoms with Crippen LogP contribution in [0.25, 0.3) is 0 Å². The quantitative estimate of drug-likeness (QED) is 0.768. The van der Waals surface area contributed by atoms with E-state index in [9.17, 15) is 0 Å². The van der Waals surface area contributed by atoms with Crippen molar-refractivity contribution in [2.75, 3.05) is 11.9 Å². The molecule has 1 rings (SSSR count). The monoisotopic (exact) mass is 192 g/mol. The summed E-state index contributed by atoms with van der Waals surface area (Å²) in [6.07, 6.45) is 0.940. The van der Waals surface area contributed by atoms with E-state index in [4.69, 9.17) is 5.73 Å². The van der Waals surface area contributed by atoms with Crippen molar-refractivity contribution in [1.29, 1.82) is 0 Å². The molecule has 14 heavy (non-hydrogen) atoms. The fourth-order valence-electron chi connectivity index (χ4n) is 1.51. The third-order valence-corrected chi connectivity index (χ3v) is 2.12. The predicted molar refractivity (Wildman–Crippen MR) is 62.7 cm³/mol. The third kappa shape index (κ3) is 3.04. The lowest BCUT2D eigenvalue weighted by atomic mass is 10.1. The molecule has 3 N–H and O–H groups in total. The van der Waals surface area contributed by atoms with Crippen molar-refractivity contribution >= 4 is 5.69 Å². The normalized spacial score (nSPS) is 10.6. The Balaban J connectivity index is 2.90. The van der Waals surface area contributed by atoms with Gasteiger partial charge in [0.15, 0.2) is 0 Å². The second-order valence-electron chi connectivity index (χ2n) is 4.00. The first-order valence-corrected chi connectivity index (χ1v) is 5.19. The summed E-state index contributed by atoms with van der Waals surface area (Å²) >= 11 is 0. The van der Waals surface area contributed by atoms with Gasteiger partial charge in [-0.25, -0.2) is 0 Å². The Labute approximate surface area is 86.5 Å². The number of hydrogen-bond acceptors (Lipinski definition) is 2. The number of anilines is 1. The topological polar surface area (TPSA) is 38.0 Å². The minimum Gasteiger partial charge on any atom is -0.383 e. The summed E-state index contributed by atoms with van der Waals surface area (Å²) in [5, 5.41) is 3.44. The van der Waals surface area contributed by atoms with E-state index in [0.29, 0.717) is 12.6 Å². The Hall–Kier alpha value is -1.02. The second-order valence-corrected chi connectivity index (χ2v) is 4.00. The van der Waals surface area contributed by atoms with E-state index in [1.54, 1.807) is 0 Å². The molecular weight excluding hydrogens is 172 g/mol. The van der Waals surface area contributed by atoms with Crippen LogP contribution in [0, 0.1) is 6.92 Å². The first-order valence-electron chi connectivity index (χ1n) is 5.19. The number of aryl methyl sites for hydroxylation is 1. The van der Waals surface area contributed by atoms with Gasteiger partial charge in [0.25, 0.3) is 0 Å². The van der Waals surface area contributed by atoms with Gasteiger partial charge in [0, 0.05) is 11.7 Å². The van der Waals surface area contributed by atoms with Gasteiger partial charge in [0.05, 0.1) is 0 Å². The molecule has 0 spiro atoms. The summed E-state index contributed by atoms with van der Waals surface area (Å²) in [5.74, 6) is 0. The van der Waals surface area contributed by atoms with Gasteiger partial charge < -0.3 is 11.1 Å². The Bertz CT molecular complexity index is 292. The molecule has 0 radical (unpaired) electrons. The van der Waals surface area contributed by atoms with E-state index in [0.717, 1.165) is 6.42 Å². The van der Waals surface area contributed by atoms with E-state index in [1.807, 2.05) is 0 Å². The zero-order valence-corrected chi connectivity index (χ0v) is 9.30. The van der Waals surface area contributed by atoms with Crippen LogP contribution in [0.5, 0.6) is 0 Å². The SMILES string of the molecule is Cc1ccc(CCN)c(NC(C)C)c1. The Morgan fingerprint density at radius 3 is 2.64 bits per heavy atom. The zero-order valence-electron chi connectivity index (χ0n) is 9.30. The first-order chi connectivity index (χ1) is 6.63. The Kier molecular flexibility index (Phi) is 3.96. The minimum atomic E-state index is 0.466. The van der Waals surface area contributed by atoms with E-state index in [1.165, 1.54) is 16.8 Å². The maximum atomic E-state index is 5.57. The predicted octanol–water partition coefficient (Wildman–Crippen LogP) is 2.32. The molecule has 0 fully saturated rings. The second kappa shape index (κ2) is 5.01. The van der Waals surface area contributed by atoms with Crippen molar-refractivity contribution in [3.63, 3.8) is 0 Å². The summed E-state index contributed by atoms with van der Waals surface area (Å²) in [6, 6.07) is 6.95. The average molecular weight is 192 g/mol. The lowest BCUT2D eigenvalue weighted by molar-refractivity contribution is 0.886. The first kappa shape index (κ1) is 11.1. The molecule has 2 nitrogen and oxygen atoms in total. The lowest BCUT2D eigenvalue weighted by Crippen LogP contribution is -2.13. The summed E-state index contributed by atoms with van der Waals surface area (Å²) < 4.78 is 0. The molecule has 0 bridgehead atoms. The van der Waals surface area contributed by atoms with Gasteiger partial charge >= 0.3 is 0 Å². The van der Waals surface area contributed by atoms with Crippen molar-refractivity contribution in [2.45, 2.75) is 33.2 Å². The van der Waals surface area contributed by atoms with Crippen LogP contribution < -0.4 is 11.1 Å². The molecule has 0 amide bonds. The highest BCUT2D eigenvalue weighted by Gasteiger charge is 2.02. The summed E-state index contributed by atoms with van der Waals surface area (Å²) in [7, 11) is 0. The van der Waals surface area contributed by atoms with E-state index >= 15 is 0 Å². The molecule has 0 aliphatic rings. The number of benzene rings is 1. The molecule has 2 heteroatoms. The highest BCUT2D eigenvalue weighted by molar-refractivity contribution is 5.53. The highest BCUT2D eigenvalue weighted by Crippen LogP contribution is 2.18. The molecule has 0 aliphatic heterocycles. The van der Waals surface area contributed by atoms with Gasteiger partial charge in [-0.1, -0.05) is 12.1 Å². The lowest BCUT2D eigenvalue weighted by Gasteiger charge is -2.15. The molecule has 0 aliphatic carbocycles. The third-order valence-electron chi connectivity index (χ3n) is 2.12. The highest BCUT2D eigenvalue weighted by atomic mass is 14.9. The maximum absolute atomic E-state index is 5.57. The molecule has 0 saturated carbocycles. The molecule has 1 aromatic carbocycles. The molecule has 1 aromatic rings. The van der Waals surface area contributed by atoms with Crippen LogP contribution in [0.2, 0.25) is 0 Å². The van der Waals surface area contributed by atoms with E-state index in [-0.39, 0.29) is 0 Å². The van der Waals surface area contributed by atoms with Crippen molar-refractivity contribution in [2.24, 2.45) is 5.73 Å². The zero-order chi connectivity index (χ0) is 10.6. The van der Waals surface area contributed by atoms with Gasteiger partial charge in [0.1, 0.15) is 0 Å². The average Bonchev–Trinajstić information content (AvgIpc) is 2.09. The van der Waals surface area contributed by atoms with Gasteiger partial charge in [-0.3, -0.25) is 0 Å². The molecule has 78 valence electrons. The number of rotatable bonds is 4. The summed E-state index contributed by atoms with van der Waals surface area (Å²) in [5.41, 5.74) is 9.40. The van der Waals surface area contributed by atoms with Crippen molar-refractivity contribution in [1.82, 2.24) is 0 Å².